The molecule has 7 N–H and O–H groups in total. The number of hydrogen-bond acceptors (Lipinski definition) is 13. The molecule has 0 radical (unpaired) electrons. The molecule has 1 aromatic rings. The summed E-state index contributed by atoms with van der Waals surface area (Å²) in [7, 11) is 4.51. The van der Waals surface area contributed by atoms with Gasteiger partial charge in [-0.05, 0) is 87.9 Å². The Bertz CT molecular complexity index is 1860. The van der Waals surface area contributed by atoms with Crippen LogP contribution >= 0.6 is 0 Å². The molecule has 1 heterocycles. The average Bonchev–Trinajstić information content (AvgIpc) is 3.78. The fourth-order valence-corrected chi connectivity index (χ4v) is 8.24. The second-order valence-corrected chi connectivity index (χ2v) is 19.4. The Morgan fingerprint density at radius 1 is 0.824 bits per heavy atom. The van der Waals surface area contributed by atoms with E-state index in [9.17, 15) is 53.7 Å². The highest BCUT2D eigenvalue weighted by Crippen LogP contribution is 2.25. The van der Waals surface area contributed by atoms with Gasteiger partial charge in [0.05, 0.1) is 43.7 Å². The largest absolute Gasteiger partial charge is 0.497 e. The second-order valence-electron chi connectivity index (χ2n) is 19.4. The van der Waals surface area contributed by atoms with Gasteiger partial charge in [-0.2, -0.15) is 0 Å². The third kappa shape index (κ3) is 17.1. The van der Waals surface area contributed by atoms with E-state index in [2.05, 4.69) is 21.3 Å². The fraction of sp³-hybridized carbons (Fsp3) is 0.714. The van der Waals surface area contributed by atoms with Crippen LogP contribution in [0.15, 0.2) is 24.3 Å². The average molecular weight is 961 g/mol. The third-order valence-electron chi connectivity index (χ3n) is 12.6. The Morgan fingerprint density at radius 3 is 1.91 bits per heavy atom. The van der Waals surface area contributed by atoms with Gasteiger partial charge in [-0.15, -0.1) is 0 Å². The Kier molecular flexibility index (Phi) is 24.1. The lowest BCUT2D eigenvalue weighted by atomic mass is 9.91. The van der Waals surface area contributed by atoms with Crippen molar-refractivity contribution >= 4 is 47.3 Å². The van der Waals surface area contributed by atoms with E-state index < -0.39 is 126 Å². The number of hydrogen-bond donors (Lipinski definition) is 7. The van der Waals surface area contributed by atoms with Crippen molar-refractivity contribution in [3.05, 3.63) is 29.8 Å². The molecular formula is C49H80N6O13. The minimum absolute atomic E-state index is 0.00815. The smallest absolute Gasteiger partial charge is 0.326 e. The summed E-state index contributed by atoms with van der Waals surface area (Å²) in [5, 5.41) is 42.9. The normalized spacial score (nSPS) is 18.3. The van der Waals surface area contributed by atoms with Gasteiger partial charge < -0.3 is 55.9 Å². The maximum atomic E-state index is 14.2. The lowest BCUT2D eigenvalue weighted by molar-refractivity contribution is -0.162. The van der Waals surface area contributed by atoms with Gasteiger partial charge in [0.1, 0.15) is 29.9 Å². The Hall–Kier alpha value is -5.14. The molecule has 0 bridgehead atoms. The zero-order valence-corrected chi connectivity index (χ0v) is 42.4. The molecule has 1 aliphatic rings. The summed E-state index contributed by atoms with van der Waals surface area (Å²) in [6.45, 7) is 17.2. The topological polar surface area (TPSA) is 270 Å². The van der Waals surface area contributed by atoms with Gasteiger partial charge in [-0.3, -0.25) is 33.6 Å². The van der Waals surface area contributed by atoms with Crippen molar-refractivity contribution in [1.29, 1.82) is 0 Å². The number of likely N-dealkylation sites (tertiary alicyclic amines) is 1. The highest BCUT2D eigenvalue weighted by atomic mass is 16.5. The predicted octanol–water partition coefficient (Wildman–Crippen LogP) is 2.23. The van der Waals surface area contributed by atoms with E-state index in [1.54, 1.807) is 52.1 Å². The number of carboxylic acids is 1. The number of benzene rings is 1. The molecule has 1 fully saturated rings. The number of nitrogens with zero attached hydrogens (tertiary/aromatic N) is 2. The lowest BCUT2D eigenvalue weighted by Crippen LogP contribution is -2.60. The molecule has 0 aromatic heterocycles. The number of aliphatic hydroxyl groups excluding tert-OH is 2. The standard InChI is InChI=1S/C49H80N6O13/c1-14-29(8)40(52-46(62)41(31(10)56)53-45(61)34(50-11)22-26(2)3)38(57)25-39(58)68-43(28(6)7)42(59)30(9)44(60)51-35(23-27(4)5)47(63)55-21-15-16-36(55)48(64)54(12)37(49(65)66)24-32-17-19-33(67-13)20-18-32/h17-20,26-31,34-38,40-41,43,50,56-57H,14-16,21-25H2,1-13H3,(H,51,60)(H,52,62)(H,53,61)(H,65,66)/t29-,30-,31+,34+,35-,36-,37-,38-,40+,41-,43-/m0/s1. The first-order chi connectivity index (χ1) is 31.8. The number of aliphatic hydroxyl groups is 2. The number of methoxy groups -OCH3 is 1. The number of ketones is 1. The van der Waals surface area contributed by atoms with E-state index in [-0.39, 0.29) is 37.6 Å². The zero-order valence-electron chi connectivity index (χ0n) is 42.4. The van der Waals surface area contributed by atoms with E-state index in [1.807, 2.05) is 34.6 Å². The molecule has 0 saturated carbocycles. The monoisotopic (exact) mass is 961 g/mol. The van der Waals surface area contributed by atoms with Crippen LogP contribution in [0, 0.1) is 29.6 Å². The number of esters is 1. The van der Waals surface area contributed by atoms with E-state index in [0.29, 0.717) is 30.6 Å². The minimum atomic E-state index is -1.52. The highest BCUT2D eigenvalue weighted by Gasteiger charge is 2.43. The molecule has 68 heavy (non-hydrogen) atoms. The maximum Gasteiger partial charge on any atom is 0.326 e. The third-order valence-corrected chi connectivity index (χ3v) is 12.6. The van der Waals surface area contributed by atoms with Crippen LogP contribution in [0.5, 0.6) is 5.75 Å². The van der Waals surface area contributed by atoms with Crippen LogP contribution in [0.4, 0.5) is 0 Å². The highest BCUT2D eigenvalue weighted by molar-refractivity contribution is 6.05. The Labute approximate surface area is 402 Å². The summed E-state index contributed by atoms with van der Waals surface area (Å²) in [5.74, 6) is -7.98. The zero-order chi connectivity index (χ0) is 51.7. The summed E-state index contributed by atoms with van der Waals surface area (Å²) >= 11 is 0. The minimum Gasteiger partial charge on any atom is -0.497 e. The van der Waals surface area contributed by atoms with Crippen LogP contribution in [-0.2, 0) is 49.5 Å². The molecule has 11 atom stereocenters. The number of amides is 5. The number of likely N-dealkylation sites (N-methyl/N-ethyl adjacent to an activating group) is 2. The van der Waals surface area contributed by atoms with Gasteiger partial charge in [0, 0.05) is 20.0 Å². The number of ether oxygens (including phenoxy) is 2. The molecule has 19 heteroatoms. The van der Waals surface area contributed by atoms with Crippen molar-refractivity contribution in [2.75, 3.05) is 27.7 Å². The first-order valence-electron chi connectivity index (χ1n) is 23.9. The van der Waals surface area contributed by atoms with Gasteiger partial charge in [-0.25, -0.2) is 4.79 Å². The number of aliphatic carboxylic acids is 1. The molecule has 384 valence electrons. The van der Waals surface area contributed by atoms with Gasteiger partial charge in [0.2, 0.25) is 29.5 Å². The molecule has 2 rings (SSSR count). The van der Waals surface area contributed by atoms with Crippen molar-refractivity contribution in [2.24, 2.45) is 29.6 Å². The molecule has 5 amide bonds. The molecule has 1 saturated heterocycles. The van der Waals surface area contributed by atoms with Crippen molar-refractivity contribution in [3.8, 4) is 5.75 Å². The van der Waals surface area contributed by atoms with Gasteiger partial charge in [0.15, 0.2) is 11.9 Å². The van der Waals surface area contributed by atoms with Crippen LogP contribution in [-0.4, -0.2) is 155 Å². The number of nitrogens with one attached hydrogen (secondary N) is 4. The molecule has 1 aromatic carbocycles. The number of carbonyl (C=O) groups excluding carboxylic acids is 7. The van der Waals surface area contributed by atoms with E-state index >= 15 is 0 Å². The quantitative estimate of drug-likeness (QED) is 0.0469. The predicted molar refractivity (Wildman–Crippen MR) is 254 cm³/mol. The molecule has 0 unspecified atom stereocenters. The van der Waals surface area contributed by atoms with E-state index in [0.717, 1.165) is 4.90 Å². The van der Waals surface area contributed by atoms with Crippen LogP contribution in [0.3, 0.4) is 0 Å². The summed E-state index contributed by atoms with van der Waals surface area (Å²) in [5.41, 5.74) is 0.663. The van der Waals surface area contributed by atoms with Gasteiger partial charge >= 0.3 is 11.9 Å². The summed E-state index contributed by atoms with van der Waals surface area (Å²) in [6, 6.07) is 0.388. The summed E-state index contributed by atoms with van der Waals surface area (Å²) < 4.78 is 10.8. The number of Topliss-reactive ketones (excluding diaryl/α,β-unsaturated/α-hetero) is 1. The molecule has 0 aliphatic carbocycles. The second kappa shape index (κ2) is 27.8. The van der Waals surface area contributed by atoms with Crippen LogP contribution in [0.1, 0.15) is 113 Å². The first-order valence-corrected chi connectivity index (χ1v) is 23.9. The van der Waals surface area contributed by atoms with E-state index in [1.165, 1.54) is 32.9 Å². The molecule has 19 nitrogen and oxygen atoms in total. The molecule has 1 aliphatic heterocycles. The Balaban J connectivity index is 2.22. The summed E-state index contributed by atoms with van der Waals surface area (Å²) in [4.78, 5) is 111. The number of carbonyl (C=O) groups is 8. The van der Waals surface area contributed by atoms with E-state index in [4.69, 9.17) is 9.47 Å². The fourth-order valence-electron chi connectivity index (χ4n) is 8.24. The van der Waals surface area contributed by atoms with Crippen LogP contribution < -0.4 is 26.0 Å². The number of carboxylic acid groups (broad SMARTS) is 1. The van der Waals surface area contributed by atoms with Crippen LogP contribution in [0.25, 0.3) is 0 Å². The lowest BCUT2D eigenvalue weighted by Gasteiger charge is -2.34. The first kappa shape index (κ1) is 59.0. The van der Waals surface area contributed by atoms with Crippen molar-refractivity contribution in [1.82, 2.24) is 31.1 Å². The van der Waals surface area contributed by atoms with Gasteiger partial charge in [0.25, 0.3) is 0 Å². The number of rotatable bonds is 28. The Morgan fingerprint density at radius 2 is 1.41 bits per heavy atom. The van der Waals surface area contributed by atoms with Crippen LogP contribution in [0.2, 0.25) is 0 Å². The SMILES string of the molecule is CC[C@H](C)[C@@H](NC(=O)[C@@H](NC(=O)[C@@H](CC(C)C)NC)[C@@H](C)O)[C@@H](O)CC(=O)O[C@H](C(=O)[C@H](C)C(=O)N[C@@H](CC(C)C)C(=O)N1CCC[C@H]1C(=O)N(C)[C@@H](Cc1ccc(OC)cc1)C(=O)O)C(C)C. The maximum absolute atomic E-state index is 14.2. The molecular weight excluding hydrogens is 881 g/mol. The van der Waals surface area contributed by atoms with Crippen molar-refractivity contribution in [2.45, 2.75) is 169 Å². The molecule has 0 spiro atoms. The van der Waals surface area contributed by atoms with Gasteiger partial charge in [-0.1, -0.05) is 73.9 Å². The summed E-state index contributed by atoms with van der Waals surface area (Å²) in [6.07, 6.45) is -3.09. The van der Waals surface area contributed by atoms with Crippen molar-refractivity contribution < 1.29 is 63.1 Å². The van der Waals surface area contributed by atoms with Crippen molar-refractivity contribution in [3.63, 3.8) is 0 Å².